The number of fused-ring (bicyclic) bond motifs is 3. The molecule has 8 heteroatoms. The number of carbonyl (C=O) groups excluding carboxylic acids is 2. The Labute approximate surface area is 125 Å². The molecule has 0 fully saturated rings. The van der Waals surface area contributed by atoms with Gasteiger partial charge < -0.3 is 15.4 Å². The zero-order valence-electron chi connectivity index (χ0n) is 11.5. The van der Waals surface area contributed by atoms with E-state index in [1.165, 1.54) is 12.6 Å². The minimum Gasteiger partial charge on any atom is -0.477 e. The highest BCUT2D eigenvalue weighted by atomic mass is 16.5. The maximum Gasteiger partial charge on any atom is 0.177 e. The van der Waals surface area contributed by atoms with Crippen LogP contribution in [0.3, 0.4) is 0 Å². The summed E-state index contributed by atoms with van der Waals surface area (Å²) in [6, 6.07) is 0. The molecule has 0 amide bonds. The Kier molecular flexibility index (Phi) is 2.81. The summed E-state index contributed by atoms with van der Waals surface area (Å²) in [5.41, 5.74) is 1.80. The van der Waals surface area contributed by atoms with Crippen LogP contribution < -0.4 is 15.5 Å². The summed E-state index contributed by atoms with van der Waals surface area (Å²) >= 11 is 0. The van der Waals surface area contributed by atoms with Crippen molar-refractivity contribution in [2.75, 3.05) is 22.2 Å². The van der Waals surface area contributed by atoms with Crippen LogP contribution in [0.5, 0.6) is 0 Å². The minimum atomic E-state index is -0.307. The molecule has 2 N–H and O–H groups in total. The van der Waals surface area contributed by atoms with Crippen LogP contribution in [-0.2, 0) is 14.3 Å². The molecule has 4 rings (SSSR count). The molecule has 0 spiro atoms. The van der Waals surface area contributed by atoms with Crippen molar-refractivity contribution in [3.8, 4) is 0 Å². The summed E-state index contributed by atoms with van der Waals surface area (Å²) in [6.07, 6.45) is 6.34. The minimum absolute atomic E-state index is 0.217. The number of carbonyl (C=O) groups is 2. The molecule has 2 atom stereocenters. The van der Waals surface area contributed by atoms with E-state index in [0.29, 0.717) is 35.9 Å². The Hall–Kier alpha value is -2.90. The first-order valence-corrected chi connectivity index (χ1v) is 6.90. The third-order valence-corrected chi connectivity index (χ3v) is 4.07. The maximum atomic E-state index is 11.4. The fraction of sp³-hybridized carbons (Fsp3) is 0.286. The molecule has 8 nitrogen and oxygen atoms in total. The van der Waals surface area contributed by atoms with Gasteiger partial charge in [-0.25, -0.2) is 9.97 Å². The molecule has 0 aliphatic carbocycles. The summed E-state index contributed by atoms with van der Waals surface area (Å²) in [5, 5.41) is 6.27. The first kappa shape index (κ1) is 12.8. The van der Waals surface area contributed by atoms with Crippen molar-refractivity contribution >= 4 is 29.9 Å². The molecular weight excluding hydrogens is 286 g/mol. The molecule has 0 saturated carbocycles. The monoisotopic (exact) mass is 299 g/mol. The van der Waals surface area contributed by atoms with Crippen molar-refractivity contribution in [1.82, 2.24) is 9.97 Å². The van der Waals surface area contributed by atoms with E-state index in [9.17, 15) is 9.59 Å². The van der Waals surface area contributed by atoms with Gasteiger partial charge in [-0.3, -0.25) is 14.5 Å². The Morgan fingerprint density at radius 3 is 2.91 bits per heavy atom. The highest BCUT2D eigenvalue weighted by Gasteiger charge is 2.38. The fourth-order valence-corrected chi connectivity index (χ4v) is 2.98. The van der Waals surface area contributed by atoms with Crippen LogP contribution in [0.4, 0.5) is 17.3 Å². The predicted octanol–water partition coefficient (Wildman–Crippen LogP) is 0.620. The van der Waals surface area contributed by atoms with Crippen molar-refractivity contribution in [3.05, 3.63) is 29.9 Å². The van der Waals surface area contributed by atoms with Gasteiger partial charge in [-0.2, -0.15) is 0 Å². The molecular formula is C14H13N5O3. The first-order valence-electron chi connectivity index (χ1n) is 6.90. The molecule has 3 aliphatic heterocycles. The summed E-state index contributed by atoms with van der Waals surface area (Å²) in [5.74, 6) is 1.14. The fourth-order valence-electron chi connectivity index (χ4n) is 2.98. The van der Waals surface area contributed by atoms with Crippen LogP contribution in [0, 0.1) is 5.92 Å². The lowest BCUT2D eigenvalue weighted by Gasteiger charge is -2.39. The highest BCUT2D eigenvalue weighted by Crippen LogP contribution is 2.40. The molecule has 0 saturated heterocycles. The topological polar surface area (TPSA) is 96.5 Å². The van der Waals surface area contributed by atoms with E-state index in [2.05, 4.69) is 20.6 Å². The van der Waals surface area contributed by atoms with Crippen LogP contribution >= 0.6 is 0 Å². The summed E-state index contributed by atoms with van der Waals surface area (Å²) < 4.78 is 5.64. The quantitative estimate of drug-likeness (QED) is 0.784. The molecule has 112 valence electrons. The number of aromatic nitrogens is 2. The summed E-state index contributed by atoms with van der Waals surface area (Å²) in [6.45, 7) is 0.572. The van der Waals surface area contributed by atoms with E-state index in [4.69, 9.17) is 4.74 Å². The molecule has 0 radical (unpaired) electrons. The van der Waals surface area contributed by atoms with Gasteiger partial charge in [-0.1, -0.05) is 0 Å². The number of rotatable bonds is 3. The second-order valence-corrected chi connectivity index (χ2v) is 5.22. The third-order valence-electron chi connectivity index (χ3n) is 4.07. The van der Waals surface area contributed by atoms with E-state index in [0.717, 1.165) is 18.3 Å². The van der Waals surface area contributed by atoms with Crippen molar-refractivity contribution in [1.29, 1.82) is 0 Å². The molecule has 1 aromatic heterocycles. The van der Waals surface area contributed by atoms with Crippen molar-refractivity contribution in [2.24, 2.45) is 5.92 Å². The highest BCUT2D eigenvalue weighted by molar-refractivity contribution is 5.86. The van der Waals surface area contributed by atoms with Crippen LogP contribution in [0.2, 0.25) is 0 Å². The predicted molar refractivity (Wildman–Crippen MR) is 77.9 cm³/mol. The summed E-state index contributed by atoms with van der Waals surface area (Å²) in [7, 11) is 0. The Morgan fingerprint density at radius 2 is 2.09 bits per heavy atom. The van der Waals surface area contributed by atoms with E-state index >= 15 is 0 Å². The smallest absolute Gasteiger partial charge is 0.177 e. The van der Waals surface area contributed by atoms with Crippen molar-refractivity contribution < 1.29 is 14.3 Å². The van der Waals surface area contributed by atoms with Crippen LogP contribution in [0.25, 0.3) is 0 Å². The number of allylic oxidation sites excluding steroid dienone is 2. The number of anilines is 3. The van der Waals surface area contributed by atoms with E-state index < -0.39 is 0 Å². The van der Waals surface area contributed by atoms with E-state index in [-0.39, 0.29) is 12.1 Å². The molecule has 22 heavy (non-hydrogen) atoms. The SMILES string of the molecule is O=CC1=COC2CC1C(C=O)=CN2c1ncnc2c1NCN2. The van der Waals surface area contributed by atoms with Crippen molar-refractivity contribution in [2.45, 2.75) is 12.6 Å². The van der Waals surface area contributed by atoms with Gasteiger partial charge in [0.1, 0.15) is 24.6 Å². The van der Waals surface area contributed by atoms with Gasteiger partial charge in [-0.15, -0.1) is 0 Å². The van der Waals surface area contributed by atoms with Crippen molar-refractivity contribution in [3.63, 3.8) is 0 Å². The molecule has 3 aliphatic rings. The molecule has 0 aromatic carbocycles. The maximum absolute atomic E-state index is 11.4. The zero-order valence-corrected chi connectivity index (χ0v) is 11.5. The van der Waals surface area contributed by atoms with E-state index in [1.807, 2.05) is 0 Å². The van der Waals surface area contributed by atoms with Gasteiger partial charge in [-0.05, 0) is 0 Å². The normalized spacial score (nSPS) is 25.0. The Balaban J connectivity index is 1.78. The Bertz CT molecular complexity index is 714. The average molecular weight is 299 g/mol. The standard InChI is InChI=1S/C14H13N5O3/c20-3-8-2-19(11-1-10(8)9(4-21)5-22-11)14-12-13(16-6-15-12)17-7-18-14/h2-5,7,10-11,15H,1,6H2,(H,16,17,18). The molecule has 4 heterocycles. The number of ether oxygens (including phenoxy) is 1. The van der Waals surface area contributed by atoms with Crippen LogP contribution in [-0.4, -0.2) is 35.4 Å². The number of aldehydes is 2. The molecule has 2 unspecified atom stereocenters. The number of hydrogen-bond donors (Lipinski definition) is 2. The van der Waals surface area contributed by atoms with Gasteiger partial charge in [0.25, 0.3) is 0 Å². The van der Waals surface area contributed by atoms with Gasteiger partial charge >= 0.3 is 0 Å². The van der Waals surface area contributed by atoms with Crippen LogP contribution in [0.1, 0.15) is 6.42 Å². The average Bonchev–Trinajstić information content (AvgIpc) is 3.04. The Morgan fingerprint density at radius 1 is 1.23 bits per heavy atom. The van der Waals surface area contributed by atoms with Gasteiger partial charge in [0.2, 0.25) is 0 Å². The lowest BCUT2D eigenvalue weighted by Crippen LogP contribution is -2.42. The number of hydrogen-bond acceptors (Lipinski definition) is 8. The first-order chi connectivity index (χ1) is 10.8. The second-order valence-electron chi connectivity index (χ2n) is 5.22. The van der Waals surface area contributed by atoms with Gasteiger partial charge in [0.15, 0.2) is 17.9 Å². The lowest BCUT2D eigenvalue weighted by molar-refractivity contribution is -0.106. The van der Waals surface area contributed by atoms with Crippen LogP contribution in [0.15, 0.2) is 29.9 Å². The van der Waals surface area contributed by atoms with E-state index in [1.54, 1.807) is 11.1 Å². The largest absolute Gasteiger partial charge is 0.477 e. The zero-order chi connectivity index (χ0) is 15.1. The van der Waals surface area contributed by atoms with Gasteiger partial charge in [0, 0.05) is 29.7 Å². The second kappa shape index (κ2) is 4.83. The third kappa shape index (κ3) is 1.77. The number of nitrogens with zero attached hydrogens (tertiary/aromatic N) is 3. The van der Waals surface area contributed by atoms with Gasteiger partial charge in [0.05, 0.1) is 12.9 Å². The molecule has 1 aromatic rings. The number of nitrogens with one attached hydrogen (secondary N) is 2. The molecule has 2 bridgehead atoms. The summed E-state index contributed by atoms with van der Waals surface area (Å²) in [4.78, 5) is 32.7. The lowest BCUT2D eigenvalue weighted by atomic mass is 9.85.